The summed E-state index contributed by atoms with van der Waals surface area (Å²) in [7, 11) is -4.59. The molecule has 0 fully saturated rings. The first-order valence-electron chi connectivity index (χ1n) is 20.1. The molecule has 4 nitrogen and oxygen atoms in total. The molecule has 0 aromatic carbocycles. The molecular formula is C39H79NaO4S. The number of hydrogen-bond acceptors (Lipinski definition) is 4. The van der Waals surface area contributed by atoms with Crippen molar-refractivity contribution in [3.8, 4) is 0 Å². The summed E-state index contributed by atoms with van der Waals surface area (Å²) in [6, 6.07) is 0. The fourth-order valence-electron chi connectivity index (χ4n) is 6.63. The minimum absolute atomic E-state index is 0. The van der Waals surface area contributed by atoms with Crippen LogP contribution in [0.5, 0.6) is 0 Å². The Morgan fingerprint density at radius 1 is 0.400 bits per heavy atom. The molecule has 0 heterocycles. The molecule has 6 heteroatoms. The fourth-order valence-corrected chi connectivity index (χ4v) is 6.99. The van der Waals surface area contributed by atoms with Gasteiger partial charge in [0.05, 0.1) is 6.61 Å². The van der Waals surface area contributed by atoms with E-state index in [0.717, 1.165) is 25.7 Å². The summed E-state index contributed by atoms with van der Waals surface area (Å²) in [6.07, 6.45) is 46.8. The van der Waals surface area contributed by atoms with Crippen LogP contribution in [-0.4, -0.2) is 19.6 Å². The molecule has 0 saturated carbocycles. The molecule has 0 aromatic rings. The van der Waals surface area contributed by atoms with Crippen LogP contribution in [0.1, 0.15) is 239 Å². The van der Waals surface area contributed by atoms with Crippen LogP contribution in [0, 0.1) is 5.92 Å². The molecule has 0 bridgehead atoms. The zero-order valence-electron chi connectivity index (χ0n) is 31.1. The maximum atomic E-state index is 11.0. The molecule has 0 N–H and O–H groups in total. The van der Waals surface area contributed by atoms with Crippen LogP contribution in [0.15, 0.2) is 0 Å². The van der Waals surface area contributed by atoms with Gasteiger partial charge in [0.15, 0.2) is 0 Å². The maximum Gasteiger partial charge on any atom is 1.00 e. The largest absolute Gasteiger partial charge is 1.00 e. The molecule has 0 aliphatic heterocycles. The van der Waals surface area contributed by atoms with E-state index in [4.69, 9.17) is 0 Å². The van der Waals surface area contributed by atoms with Crippen LogP contribution in [0.3, 0.4) is 0 Å². The monoisotopic (exact) mass is 667 g/mol. The Balaban J connectivity index is 0. The average molecular weight is 667 g/mol. The zero-order valence-corrected chi connectivity index (χ0v) is 33.9. The van der Waals surface area contributed by atoms with Crippen molar-refractivity contribution >= 4 is 10.4 Å². The summed E-state index contributed by atoms with van der Waals surface area (Å²) in [5.74, 6) is 0.196. The van der Waals surface area contributed by atoms with E-state index in [2.05, 4.69) is 18.0 Å². The molecule has 0 aromatic heterocycles. The predicted molar refractivity (Wildman–Crippen MR) is 192 cm³/mol. The Bertz CT molecular complexity index is 643. The first kappa shape index (κ1) is 48.0. The Morgan fingerprint density at radius 2 is 0.600 bits per heavy atom. The van der Waals surface area contributed by atoms with Crippen LogP contribution < -0.4 is 29.6 Å². The first-order chi connectivity index (χ1) is 21.5. The van der Waals surface area contributed by atoms with Crippen molar-refractivity contribution in [3.05, 3.63) is 0 Å². The van der Waals surface area contributed by atoms with Gasteiger partial charge in [-0.1, -0.05) is 226 Å². The van der Waals surface area contributed by atoms with Crippen molar-refractivity contribution in [2.24, 2.45) is 5.92 Å². The van der Waals surface area contributed by atoms with E-state index in [-0.39, 0.29) is 42.1 Å². The van der Waals surface area contributed by atoms with Gasteiger partial charge in [-0.25, -0.2) is 8.42 Å². The Kier molecular flexibility index (Phi) is 41.9. The Labute approximate surface area is 306 Å². The summed E-state index contributed by atoms with van der Waals surface area (Å²) in [5, 5.41) is 0. The normalized spacial score (nSPS) is 12.4. The van der Waals surface area contributed by atoms with E-state index in [1.807, 2.05) is 0 Å². The van der Waals surface area contributed by atoms with Gasteiger partial charge >= 0.3 is 29.6 Å². The third-order valence-electron chi connectivity index (χ3n) is 9.63. The van der Waals surface area contributed by atoms with Gasteiger partial charge in [-0.3, -0.25) is 4.18 Å². The molecule has 0 saturated heterocycles. The van der Waals surface area contributed by atoms with Crippen LogP contribution in [-0.2, 0) is 14.6 Å². The molecule has 0 aliphatic rings. The van der Waals surface area contributed by atoms with Crippen molar-refractivity contribution < 1.29 is 46.7 Å². The third kappa shape index (κ3) is 42.8. The zero-order chi connectivity index (χ0) is 32.2. The Morgan fingerprint density at radius 3 is 0.800 bits per heavy atom. The van der Waals surface area contributed by atoms with Gasteiger partial charge in [-0.05, 0) is 18.8 Å². The molecule has 1 atom stereocenters. The topological polar surface area (TPSA) is 66.4 Å². The van der Waals surface area contributed by atoms with Gasteiger partial charge in [0.2, 0.25) is 10.4 Å². The molecule has 0 radical (unpaired) electrons. The van der Waals surface area contributed by atoms with E-state index in [1.54, 1.807) is 0 Å². The molecule has 0 spiro atoms. The second-order valence-corrected chi connectivity index (χ2v) is 15.1. The minimum atomic E-state index is -4.59. The van der Waals surface area contributed by atoms with Crippen LogP contribution in [0.2, 0.25) is 0 Å². The minimum Gasteiger partial charge on any atom is -0.726 e. The smallest absolute Gasteiger partial charge is 0.726 e. The number of unbranched alkanes of at least 4 members (excludes halogenated alkanes) is 31. The van der Waals surface area contributed by atoms with Gasteiger partial charge in [0.1, 0.15) is 0 Å². The Hall–Kier alpha value is 0.870. The molecular weight excluding hydrogens is 587 g/mol. The summed E-state index contributed by atoms with van der Waals surface area (Å²) in [6.45, 7) is 4.64. The second kappa shape index (κ2) is 39.3. The summed E-state index contributed by atoms with van der Waals surface area (Å²) < 4.78 is 37.7. The standard InChI is InChI=1S/C39H80O4S.Na/c1-3-5-7-9-11-13-15-17-19-20-21-22-23-25-27-29-31-33-35-37-39(38-43-44(40,41)42)36-34-32-30-28-26-24-18-16-14-12-10-8-6-4-2;/h39H,3-38H2,1-2H3,(H,40,41,42);/q;+1/p-1. The van der Waals surface area contributed by atoms with Gasteiger partial charge in [0, 0.05) is 0 Å². The molecule has 0 aliphatic carbocycles. The van der Waals surface area contributed by atoms with Crippen LogP contribution in [0.4, 0.5) is 0 Å². The van der Waals surface area contributed by atoms with Crippen molar-refractivity contribution in [1.82, 2.24) is 0 Å². The summed E-state index contributed by atoms with van der Waals surface area (Å²) in [5.41, 5.74) is 0. The molecule has 45 heavy (non-hydrogen) atoms. The average Bonchev–Trinajstić information content (AvgIpc) is 3.00. The SMILES string of the molecule is CCCCCCCCCCCCCCCCCCCCCC(CCCCCCCCCCCCCCCC)COS(=O)(=O)[O-].[Na+]. The van der Waals surface area contributed by atoms with Gasteiger partial charge < -0.3 is 4.55 Å². The van der Waals surface area contributed by atoms with E-state index in [1.165, 1.54) is 199 Å². The van der Waals surface area contributed by atoms with Gasteiger partial charge in [-0.2, -0.15) is 0 Å². The molecule has 266 valence electrons. The maximum absolute atomic E-state index is 11.0. The summed E-state index contributed by atoms with van der Waals surface area (Å²) in [4.78, 5) is 0. The van der Waals surface area contributed by atoms with Crippen LogP contribution in [0.25, 0.3) is 0 Å². The third-order valence-corrected chi connectivity index (χ3v) is 10.1. The number of rotatable bonds is 38. The van der Waals surface area contributed by atoms with Gasteiger partial charge in [-0.15, -0.1) is 0 Å². The van der Waals surface area contributed by atoms with E-state index < -0.39 is 10.4 Å². The predicted octanol–water partition coefficient (Wildman–Crippen LogP) is 10.8. The van der Waals surface area contributed by atoms with E-state index in [9.17, 15) is 13.0 Å². The van der Waals surface area contributed by atoms with Crippen molar-refractivity contribution in [2.45, 2.75) is 239 Å². The van der Waals surface area contributed by atoms with Crippen molar-refractivity contribution in [3.63, 3.8) is 0 Å². The quantitative estimate of drug-likeness (QED) is 0.0285. The van der Waals surface area contributed by atoms with Gasteiger partial charge in [0.25, 0.3) is 0 Å². The molecule has 0 amide bonds. The number of hydrogen-bond donors (Lipinski definition) is 0. The molecule has 0 rings (SSSR count). The van der Waals surface area contributed by atoms with Crippen molar-refractivity contribution in [2.75, 3.05) is 6.61 Å². The van der Waals surface area contributed by atoms with E-state index in [0.29, 0.717) is 0 Å². The molecule has 1 unspecified atom stereocenters. The van der Waals surface area contributed by atoms with Crippen molar-refractivity contribution in [1.29, 1.82) is 0 Å². The summed E-state index contributed by atoms with van der Waals surface area (Å²) >= 11 is 0. The van der Waals surface area contributed by atoms with E-state index >= 15 is 0 Å². The first-order valence-corrected chi connectivity index (χ1v) is 21.4. The fraction of sp³-hybridized carbons (Fsp3) is 1.00. The van der Waals surface area contributed by atoms with Crippen LogP contribution >= 0.6 is 0 Å². The second-order valence-electron chi connectivity index (χ2n) is 14.1.